The van der Waals surface area contributed by atoms with Crippen LogP contribution >= 0.6 is 11.6 Å². The number of aromatic amines is 1. The van der Waals surface area contributed by atoms with E-state index in [4.69, 9.17) is 16.7 Å². The number of hydrogen-bond acceptors (Lipinski definition) is 2. The van der Waals surface area contributed by atoms with E-state index < -0.39 is 5.97 Å². The fourth-order valence-corrected chi connectivity index (χ4v) is 1.47. The van der Waals surface area contributed by atoms with Crippen molar-refractivity contribution in [3.8, 4) is 5.75 Å². The molecule has 3 N–H and O–H groups in total. The number of nitrogens with one attached hydrogen (secondary N) is 1. The second kappa shape index (κ2) is 2.92. The van der Waals surface area contributed by atoms with Gasteiger partial charge in [0, 0.05) is 17.6 Å². The van der Waals surface area contributed by atoms with Gasteiger partial charge in [0.05, 0.1) is 16.1 Å². The summed E-state index contributed by atoms with van der Waals surface area (Å²) in [4.78, 5) is 13.5. The molecule has 0 amide bonds. The number of benzene rings is 1. The van der Waals surface area contributed by atoms with Gasteiger partial charge in [-0.1, -0.05) is 11.6 Å². The van der Waals surface area contributed by atoms with E-state index in [2.05, 4.69) is 4.98 Å². The lowest BCUT2D eigenvalue weighted by Crippen LogP contribution is -1.93. The second-order valence-electron chi connectivity index (χ2n) is 2.86. The molecule has 0 saturated carbocycles. The molecule has 0 aliphatic rings. The van der Waals surface area contributed by atoms with Gasteiger partial charge in [-0.2, -0.15) is 0 Å². The van der Waals surface area contributed by atoms with E-state index in [-0.39, 0.29) is 16.3 Å². The van der Waals surface area contributed by atoms with Crippen LogP contribution in [0.15, 0.2) is 18.3 Å². The van der Waals surface area contributed by atoms with Crippen molar-refractivity contribution in [1.29, 1.82) is 0 Å². The summed E-state index contributed by atoms with van der Waals surface area (Å²) in [5.74, 6) is -1.10. The number of aromatic nitrogens is 1. The van der Waals surface area contributed by atoms with Crippen molar-refractivity contribution in [2.45, 2.75) is 0 Å². The molecule has 1 aromatic heterocycles. The molecule has 14 heavy (non-hydrogen) atoms. The van der Waals surface area contributed by atoms with Crippen molar-refractivity contribution in [3.63, 3.8) is 0 Å². The zero-order valence-corrected chi connectivity index (χ0v) is 7.67. The Bertz CT molecular complexity index is 518. The molecular formula is C9H6ClNO3. The highest BCUT2D eigenvalue weighted by molar-refractivity contribution is 6.33. The van der Waals surface area contributed by atoms with E-state index in [1.54, 1.807) is 0 Å². The molecule has 0 aliphatic heterocycles. The average molecular weight is 212 g/mol. The van der Waals surface area contributed by atoms with Crippen LogP contribution in [-0.2, 0) is 0 Å². The SMILES string of the molecule is O=C(O)c1c[nH]c2cc(O)c(Cl)cc12. The van der Waals surface area contributed by atoms with Crippen LogP contribution in [0.25, 0.3) is 10.9 Å². The molecule has 0 bridgehead atoms. The highest BCUT2D eigenvalue weighted by Crippen LogP contribution is 2.30. The maximum absolute atomic E-state index is 10.7. The Kier molecular flexibility index (Phi) is 1.86. The molecule has 0 atom stereocenters. The van der Waals surface area contributed by atoms with E-state index in [9.17, 15) is 9.90 Å². The summed E-state index contributed by atoms with van der Waals surface area (Å²) in [6, 6.07) is 2.82. The maximum atomic E-state index is 10.7. The first-order valence-corrected chi connectivity index (χ1v) is 4.20. The summed E-state index contributed by atoms with van der Waals surface area (Å²) in [5, 5.41) is 18.7. The second-order valence-corrected chi connectivity index (χ2v) is 3.26. The quantitative estimate of drug-likeness (QED) is 0.677. The van der Waals surface area contributed by atoms with Crippen LogP contribution in [0.5, 0.6) is 5.75 Å². The summed E-state index contributed by atoms with van der Waals surface area (Å²) in [5.41, 5.74) is 0.686. The molecule has 1 heterocycles. The first kappa shape index (κ1) is 8.90. The van der Waals surface area contributed by atoms with Crippen molar-refractivity contribution in [3.05, 3.63) is 28.9 Å². The number of carboxylic acids is 1. The largest absolute Gasteiger partial charge is 0.506 e. The standard InChI is InChI=1S/C9H6ClNO3/c10-6-1-4-5(9(13)14)3-11-7(4)2-8(6)12/h1-3,11-12H,(H,13,14). The van der Waals surface area contributed by atoms with E-state index in [0.29, 0.717) is 10.9 Å². The van der Waals surface area contributed by atoms with Gasteiger partial charge >= 0.3 is 5.97 Å². The molecular weight excluding hydrogens is 206 g/mol. The number of phenols is 1. The van der Waals surface area contributed by atoms with E-state index >= 15 is 0 Å². The minimum absolute atomic E-state index is 0.0713. The molecule has 0 fully saturated rings. The molecule has 0 radical (unpaired) electrons. The van der Waals surface area contributed by atoms with Gasteiger partial charge in [-0.25, -0.2) is 4.79 Å². The molecule has 0 aliphatic carbocycles. The average Bonchev–Trinajstić information content (AvgIpc) is 2.48. The lowest BCUT2D eigenvalue weighted by atomic mass is 10.2. The van der Waals surface area contributed by atoms with Gasteiger partial charge in [-0.15, -0.1) is 0 Å². The number of aromatic hydroxyl groups is 1. The topological polar surface area (TPSA) is 73.3 Å². The summed E-state index contributed by atoms with van der Waals surface area (Å²) >= 11 is 5.66. The molecule has 0 unspecified atom stereocenters. The number of fused-ring (bicyclic) bond motifs is 1. The Hall–Kier alpha value is -1.68. The van der Waals surface area contributed by atoms with Crippen LogP contribution in [0.2, 0.25) is 5.02 Å². The number of carbonyl (C=O) groups is 1. The molecule has 72 valence electrons. The van der Waals surface area contributed by atoms with Crippen molar-refractivity contribution in [2.24, 2.45) is 0 Å². The van der Waals surface area contributed by atoms with Gasteiger partial charge in [0.2, 0.25) is 0 Å². The number of carboxylic acid groups (broad SMARTS) is 1. The Morgan fingerprint density at radius 1 is 1.43 bits per heavy atom. The zero-order valence-electron chi connectivity index (χ0n) is 6.91. The lowest BCUT2D eigenvalue weighted by molar-refractivity contribution is 0.0699. The fraction of sp³-hybridized carbons (Fsp3) is 0. The van der Waals surface area contributed by atoms with Crippen LogP contribution in [-0.4, -0.2) is 21.2 Å². The van der Waals surface area contributed by atoms with E-state index in [0.717, 1.165) is 0 Å². The normalized spacial score (nSPS) is 10.6. The monoisotopic (exact) mass is 211 g/mol. The summed E-state index contributed by atoms with van der Waals surface area (Å²) < 4.78 is 0. The number of halogens is 1. The van der Waals surface area contributed by atoms with Crippen LogP contribution in [0.1, 0.15) is 10.4 Å². The first-order chi connectivity index (χ1) is 6.59. The molecule has 1 aromatic carbocycles. The molecule has 2 rings (SSSR count). The van der Waals surface area contributed by atoms with Gasteiger partial charge in [-0.3, -0.25) is 0 Å². The third kappa shape index (κ3) is 1.20. The third-order valence-electron chi connectivity index (χ3n) is 1.98. The number of H-pyrrole nitrogens is 1. The van der Waals surface area contributed by atoms with Gasteiger partial charge < -0.3 is 15.2 Å². The van der Waals surface area contributed by atoms with Crippen molar-refractivity contribution in [1.82, 2.24) is 4.98 Å². The first-order valence-electron chi connectivity index (χ1n) is 3.82. The smallest absolute Gasteiger partial charge is 0.337 e. The minimum atomic E-state index is -1.03. The van der Waals surface area contributed by atoms with Crippen molar-refractivity contribution >= 4 is 28.5 Å². The molecule has 0 spiro atoms. The van der Waals surface area contributed by atoms with E-state index in [1.807, 2.05) is 0 Å². The van der Waals surface area contributed by atoms with Gasteiger partial charge in [0.15, 0.2) is 0 Å². The van der Waals surface area contributed by atoms with Crippen LogP contribution in [0.3, 0.4) is 0 Å². The highest BCUT2D eigenvalue weighted by atomic mass is 35.5. The number of hydrogen-bond donors (Lipinski definition) is 3. The van der Waals surface area contributed by atoms with E-state index in [1.165, 1.54) is 18.3 Å². The predicted octanol–water partition coefficient (Wildman–Crippen LogP) is 2.23. The number of aromatic carboxylic acids is 1. The Morgan fingerprint density at radius 2 is 2.14 bits per heavy atom. The summed E-state index contributed by atoms with van der Waals surface area (Å²) in [6.45, 7) is 0. The van der Waals surface area contributed by atoms with Crippen LogP contribution < -0.4 is 0 Å². The number of rotatable bonds is 1. The maximum Gasteiger partial charge on any atom is 0.337 e. The Balaban J connectivity index is 2.80. The molecule has 0 saturated heterocycles. The predicted molar refractivity (Wildman–Crippen MR) is 51.9 cm³/mol. The van der Waals surface area contributed by atoms with Gasteiger partial charge in [-0.05, 0) is 6.07 Å². The molecule has 5 heteroatoms. The zero-order chi connectivity index (χ0) is 10.3. The van der Waals surface area contributed by atoms with Crippen molar-refractivity contribution in [2.75, 3.05) is 0 Å². The van der Waals surface area contributed by atoms with Crippen molar-refractivity contribution < 1.29 is 15.0 Å². The lowest BCUT2D eigenvalue weighted by Gasteiger charge is -1.97. The minimum Gasteiger partial charge on any atom is -0.506 e. The molecule has 4 nitrogen and oxygen atoms in total. The van der Waals surface area contributed by atoms with Crippen LogP contribution in [0.4, 0.5) is 0 Å². The van der Waals surface area contributed by atoms with Gasteiger partial charge in [0.25, 0.3) is 0 Å². The highest BCUT2D eigenvalue weighted by Gasteiger charge is 2.12. The van der Waals surface area contributed by atoms with Gasteiger partial charge in [0.1, 0.15) is 5.75 Å². The Morgan fingerprint density at radius 3 is 2.79 bits per heavy atom. The van der Waals surface area contributed by atoms with Crippen LogP contribution in [0, 0.1) is 0 Å². The molecule has 2 aromatic rings. The third-order valence-corrected chi connectivity index (χ3v) is 2.28. The summed E-state index contributed by atoms with van der Waals surface area (Å²) in [7, 11) is 0. The summed E-state index contributed by atoms with van der Waals surface area (Å²) in [6.07, 6.45) is 1.36. The number of phenolic OH excluding ortho intramolecular Hbond substituents is 1. The Labute approximate surface area is 83.7 Å². The fourth-order valence-electron chi connectivity index (χ4n) is 1.31.